The third-order valence-corrected chi connectivity index (χ3v) is 7.61. The maximum atomic E-state index is 13.7. The van der Waals surface area contributed by atoms with Gasteiger partial charge in [-0.3, -0.25) is 9.36 Å². The molecule has 4 rings (SSSR count). The van der Waals surface area contributed by atoms with Crippen molar-refractivity contribution in [3.8, 4) is 0 Å². The predicted molar refractivity (Wildman–Crippen MR) is 122 cm³/mol. The molecule has 1 unspecified atom stereocenters. The molecule has 1 aliphatic heterocycles. The normalized spacial score (nSPS) is 16.5. The van der Waals surface area contributed by atoms with Gasteiger partial charge in [0.05, 0.1) is 24.6 Å². The molecule has 0 saturated carbocycles. The van der Waals surface area contributed by atoms with Crippen molar-refractivity contribution in [1.82, 2.24) is 9.55 Å². The van der Waals surface area contributed by atoms with Crippen LogP contribution in [-0.4, -0.2) is 21.4 Å². The number of unbranched alkanes of at least 4 members (excludes halogenated alkanes) is 1. The summed E-state index contributed by atoms with van der Waals surface area (Å²) in [6.07, 6.45) is 3.23. The maximum Gasteiger partial charge on any atom is 0.263 e. The topological polar surface area (TPSA) is 44.1 Å². The zero-order chi connectivity index (χ0) is 20.4. The molecule has 3 heterocycles. The highest BCUT2D eigenvalue weighted by atomic mass is 32.2. The van der Waals surface area contributed by atoms with Crippen molar-refractivity contribution in [2.75, 3.05) is 5.75 Å². The molecule has 0 saturated heterocycles. The second kappa shape index (κ2) is 9.02. The summed E-state index contributed by atoms with van der Waals surface area (Å²) in [7, 11) is 0. The van der Waals surface area contributed by atoms with Gasteiger partial charge >= 0.3 is 0 Å². The average molecular weight is 429 g/mol. The van der Waals surface area contributed by atoms with Gasteiger partial charge in [-0.15, -0.1) is 11.3 Å². The SMILES string of the molecule is CCCCSc1nc2sc3c(c2c(=O)n1Cc1ccccc1)CC(C(C)C)OC3. The number of fused-ring (bicyclic) bond motifs is 3. The third kappa shape index (κ3) is 4.30. The Kier molecular flexibility index (Phi) is 6.42. The van der Waals surface area contributed by atoms with Gasteiger partial charge in [-0.2, -0.15) is 0 Å². The molecular formula is C23H28N2O2S2. The number of hydrogen-bond acceptors (Lipinski definition) is 5. The highest BCUT2D eigenvalue weighted by Crippen LogP contribution is 2.36. The lowest BCUT2D eigenvalue weighted by molar-refractivity contribution is 0.00200. The monoisotopic (exact) mass is 428 g/mol. The van der Waals surface area contributed by atoms with Crippen molar-refractivity contribution in [2.45, 2.75) is 64.4 Å². The van der Waals surface area contributed by atoms with Crippen LogP contribution in [0.2, 0.25) is 0 Å². The van der Waals surface area contributed by atoms with Crippen LogP contribution in [0.25, 0.3) is 10.2 Å². The molecule has 1 aromatic carbocycles. The molecule has 1 aliphatic rings. The largest absolute Gasteiger partial charge is 0.372 e. The first-order valence-electron chi connectivity index (χ1n) is 10.4. The number of benzene rings is 1. The molecule has 6 heteroatoms. The number of thioether (sulfide) groups is 1. The van der Waals surface area contributed by atoms with Gasteiger partial charge in [0, 0.05) is 17.1 Å². The Morgan fingerprint density at radius 2 is 2.10 bits per heavy atom. The van der Waals surface area contributed by atoms with E-state index >= 15 is 0 Å². The highest BCUT2D eigenvalue weighted by molar-refractivity contribution is 7.99. The average Bonchev–Trinajstić information content (AvgIpc) is 3.09. The van der Waals surface area contributed by atoms with E-state index in [4.69, 9.17) is 9.72 Å². The number of thiophene rings is 1. The van der Waals surface area contributed by atoms with Crippen molar-refractivity contribution >= 4 is 33.3 Å². The molecule has 0 radical (unpaired) electrons. The van der Waals surface area contributed by atoms with E-state index in [-0.39, 0.29) is 11.7 Å². The first-order chi connectivity index (χ1) is 14.1. The molecule has 0 amide bonds. The maximum absolute atomic E-state index is 13.7. The van der Waals surface area contributed by atoms with Gasteiger partial charge in [0.25, 0.3) is 5.56 Å². The van der Waals surface area contributed by atoms with E-state index < -0.39 is 0 Å². The molecule has 29 heavy (non-hydrogen) atoms. The minimum Gasteiger partial charge on any atom is -0.372 e. The van der Waals surface area contributed by atoms with Gasteiger partial charge in [0.15, 0.2) is 5.16 Å². The van der Waals surface area contributed by atoms with E-state index in [9.17, 15) is 4.79 Å². The summed E-state index contributed by atoms with van der Waals surface area (Å²) < 4.78 is 7.92. The molecule has 0 aliphatic carbocycles. The van der Waals surface area contributed by atoms with Crippen LogP contribution in [0, 0.1) is 5.92 Å². The third-order valence-electron chi connectivity index (χ3n) is 5.45. The lowest BCUT2D eigenvalue weighted by atomic mass is 9.96. The van der Waals surface area contributed by atoms with E-state index in [1.54, 1.807) is 23.1 Å². The summed E-state index contributed by atoms with van der Waals surface area (Å²) in [5, 5.41) is 1.65. The minimum absolute atomic E-state index is 0.0970. The summed E-state index contributed by atoms with van der Waals surface area (Å²) in [5.41, 5.74) is 2.39. The first kappa shape index (κ1) is 20.6. The summed E-state index contributed by atoms with van der Waals surface area (Å²) in [6, 6.07) is 10.2. The Hall–Kier alpha value is -1.63. The number of ether oxygens (including phenoxy) is 1. The number of hydrogen-bond donors (Lipinski definition) is 0. The van der Waals surface area contributed by atoms with Crippen LogP contribution in [0.3, 0.4) is 0 Å². The molecule has 4 nitrogen and oxygen atoms in total. The Labute approximate surface area is 180 Å². The zero-order valence-electron chi connectivity index (χ0n) is 17.3. The Morgan fingerprint density at radius 3 is 2.83 bits per heavy atom. The second-order valence-electron chi connectivity index (χ2n) is 7.95. The van der Waals surface area contributed by atoms with Crippen LogP contribution < -0.4 is 5.56 Å². The molecule has 0 fully saturated rings. The lowest BCUT2D eigenvalue weighted by Crippen LogP contribution is -2.28. The smallest absolute Gasteiger partial charge is 0.263 e. The van der Waals surface area contributed by atoms with Crippen molar-refractivity contribution in [1.29, 1.82) is 0 Å². The van der Waals surface area contributed by atoms with Crippen molar-refractivity contribution in [2.24, 2.45) is 5.92 Å². The lowest BCUT2D eigenvalue weighted by Gasteiger charge is -2.26. The molecule has 0 spiro atoms. The van der Waals surface area contributed by atoms with E-state index in [1.165, 1.54) is 10.4 Å². The quantitative estimate of drug-likeness (QED) is 0.283. The fraction of sp³-hybridized carbons (Fsp3) is 0.478. The highest BCUT2D eigenvalue weighted by Gasteiger charge is 2.28. The van der Waals surface area contributed by atoms with Crippen molar-refractivity contribution < 1.29 is 4.74 Å². The minimum atomic E-state index is 0.0970. The Balaban J connectivity index is 1.81. The van der Waals surface area contributed by atoms with Crippen LogP contribution in [0.5, 0.6) is 0 Å². The molecule has 0 N–H and O–H groups in total. The van der Waals surface area contributed by atoms with E-state index in [0.717, 1.165) is 46.0 Å². The predicted octanol–water partition coefficient (Wildman–Crippen LogP) is 5.50. The number of nitrogens with zero attached hydrogens (tertiary/aromatic N) is 2. The first-order valence-corrected chi connectivity index (χ1v) is 12.2. The fourth-order valence-corrected chi connectivity index (χ4v) is 5.94. The molecule has 154 valence electrons. The van der Waals surface area contributed by atoms with Crippen molar-refractivity contribution in [3.05, 3.63) is 56.7 Å². The standard InChI is InChI=1S/C23H28N2O2S2/c1-4-5-11-28-23-24-21-20(17-12-18(15(2)3)27-14-19(17)29-21)22(26)25(23)13-16-9-7-6-8-10-16/h6-10,15,18H,4-5,11-14H2,1-3H3. The van der Waals surface area contributed by atoms with Gasteiger partial charge in [0.1, 0.15) is 4.83 Å². The van der Waals surface area contributed by atoms with Crippen LogP contribution >= 0.6 is 23.1 Å². The second-order valence-corrected chi connectivity index (χ2v) is 10.1. The molecule has 3 aromatic rings. The van der Waals surface area contributed by atoms with Gasteiger partial charge in [-0.1, -0.05) is 69.3 Å². The Morgan fingerprint density at radius 1 is 1.31 bits per heavy atom. The van der Waals surface area contributed by atoms with E-state index in [1.807, 2.05) is 22.8 Å². The summed E-state index contributed by atoms with van der Waals surface area (Å²) in [6.45, 7) is 7.70. The van der Waals surface area contributed by atoms with Gasteiger partial charge in [0.2, 0.25) is 0 Å². The van der Waals surface area contributed by atoms with Crippen LogP contribution in [0.1, 0.15) is 49.6 Å². The number of aromatic nitrogens is 2. The van der Waals surface area contributed by atoms with Gasteiger partial charge < -0.3 is 4.74 Å². The summed E-state index contributed by atoms with van der Waals surface area (Å²) in [5.74, 6) is 1.41. The number of rotatable bonds is 7. The van der Waals surface area contributed by atoms with Crippen LogP contribution in [0.4, 0.5) is 0 Å². The molecular weight excluding hydrogens is 400 g/mol. The van der Waals surface area contributed by atoms with Crippen LogP contribution in [-0.2, 0) is 24.3 Å². The molecule has 0 bridgehead atoms. The molecule has 2 aromatic heterocycles. The summed E-state index contributed by atoms with van der Waals surface area (Å²) >= 11 is 3.33. The van der Waals surface area contributed by atoms with Crippen LogP contribution in [0.15, 0.2) is 40.3 Å². The molecule has 1 atom stereocenters. The van der Waals surface area contributed by atoms with Crippen molar-refractivity contribution in [3.63, 3.8) is 0 Å². The van der Waals surface area contributed by atoms with E-state index in [2.05, 4.69) is 32.9 Å². The van der Waals surface area contributed by atoms with E-state index in [0.29, 0.717) is 19.1 Å². The fourth-order valence-electron chi connectivity index (χ4n) is 3.69. The zero-order valence-corrected chi connectivity index (χ0v) is 18.9. The summed E-state index contributed by atoms with van der Waals surface area (Å²) in [4.78, 5) is 20.7. The Bertz CT molecular complexity index is 1040. The van der Waals surface area contributed by atoms with Gasteiger partial charge in [-0.05, 0) is 23.5 Å². The van der Waals surface area contributed by atoms with Gasteiger partial charge in [-0.25, -0.2) is 4.98 Å².